The molecule has 0 fully saturated rings. The number of hydrogen-bond acceptors (Lipinski definition) is 3. The van der Waals surface area contributed by atoms with Crippen molar-refractivity contribution in [3.8, 4) is 16.8 Å². The maximum Gasteiger partial charge on any atom is 0.336 e. The van der Waals surface area contributed by atoms with E-state index in [9.17, 15) is 14.3 Å². The number of aromatic carboxylic acids is 1. The Labute approximate surface area is 208 Å². The Hall–Kier alpha value is -4.39. The van der Waals surface area contributed by atoms with Crippen molar-refractivity contribution < 1.29 is 14.3 Å². The number of fused-ring (bicyclic) bond motifs is 2. The number of aromatic amines is 1. The fourth-order valence-electron chi connectivity index (χ4n) is 4.72. The molecule has 5 aromatic rings. The van der Waals surface area contributed by atoms with Crippen LogP contribution < -0.4 is 5.73 Å². The lowest BCUT2D eigenvalue weighted by atomic mass is 9.94. The molecule has 0 spiro atoms. The fraction of sp³-hybridized carbons (Fsp3) is 0.172. The summed E-state index contributed by atoms with van der Waals surface area (Å²) in [5.74, 6) is -1.31. The molecule has 184 valence electrons. The summed E-state index contributed by atoms with van der Waals surface area (Å²) in [7, 11) is 0. The van der Waals surface area contributed by atoms with Gasteiger partial charge in [0.05, 0.1) is 11.1 Å². The van der Waals surface area contributed by atoms with Crippen LogP contribution in [-0.4, -0.2) is 26.8 Å². The van der Waals surface area contributed by atoms with Crippen LogP contribution in [0.5, 0.6) is 0 Å². The van der Waals surface area contributed by atoms with Gasteiger partial charge in [0, 0.05) is 56.9 Å². The molecule has 2 aromatic heterocycles. The van der Waals surface area contributed by atoms with Gasteiger partial charge in [0.25, 0.3) is 0 Å². The minimum Gasteiger partial charge on any atom is -0.478 e. The van der Waals surface area contributed by atoms with Crippen molar-refractivity contribution in [3.63, 3.8) is 0 Å². The lowest BCUT2D eigenvalue weighted by Gasteiger charge is -2.16. The molecule has 0 radical (unpaired) electrons. The summed E-state index contributed by atoms with van der Waals surface area (Å²) in [6.45, 7) is 8.12. The van der Waals surface area contributed by atoms with E-state index in [1.165, 1.54) is 18.3 Å². The van der Waals surface area contributed by atoms with Crippen LogP contribution in [0.4, 0.5) is 10.1 Å². The third kappa shape index (κ3) is 4.02. The number of nitrogens with one attached hydrogen (secondary N) is 2. The Morgan fingerprint density at radius 1 is 1.08 bits per heavy atom. The van der Waals surface area contributed by atoms with Crippen LogP contribution in [0.15, 0.2) is 60.8 Å². The quantitative estimate of drug-likeness (QED) is 0.155. The van der Waals surface area contributed by atoms with Crippen molar-refractivity contribution in [1.82, 2.24) is 9.55 Å². The molecule has 36 heavy (non-hydrogen) atoms. The Morgan fingerprint density at radius 2 is 1.78 bits per heavy atom. The van der Waals surface area contributed by atoms with E-state index < -0.39 is 5.97 Å². The average molecular weight is 485 g/mol. The van der Waals surface area contributed by atoms with Crippen LogP contribution in [0.2, 0.25) is 0 Å². The first-order chi connectivity index (χ1) is 17.3. The van der Waals surface area contributed by atoms with Crippen molar-refractivity contribution in [2.24, 2.45) is 0 Å². The van der Waals surface area contributed by atoms with Gasteiger partial charge in [0.15, 0.2) is 0 Å². The maximum atomic E-state index is 13.7. The van der Waals surface area contributed by atoms with E-state index in [0.29, 0.717) is 16.6 Å². The van der Waals surface area contributed by atoms with E-state index in [4.69, 9.17) is 11.1 Å². The van der Waals surface area contributed by atoms with E-state index in [-0.39, 0.29) is 17.3 Å². The second-order valence-electron chi connectivity index (χ2n) is 8.64. The minimum absolute atomic E-state index is 0.0322. The molecule has 6 nitrogen and oxygen atoms in total. The molecule has 0 bridgehead atoms. The largest absolute Gasteiger partial charge is 0.478 e. The van der Waals surface area contributed by atoms with Gasteiger partial charge < -0.3 is 25.8 Å². The molecule has 2 heterocycles. The second-order valence-corrected chi connectivity index (χ2v) is 8.64. The van der Waals surface area contributed by atoms with Crippen LogP contribution in [0.1, 0.15) is 55.2 Å². The van der Waals surface area contributed by atoms with E-state index in [2.05, 4.69) is 18.8 Å². The Balaban J connectivity index is 0.00000148. The molecule has 0 aliphatic rings. The van der Waals surface area contributed by atoms with Crippen LogP contribution in [-0.2, 0) is 0 Å². The summed E-state index contributed by atoms with van der Waals surface area (Å²) in [4.78, 5) is 15.2. The molecule has 0 unspecified atom stereocenters. The second kappa shape index (κ2) is 9.70. The van der Waals surface area contributed by atoms with Crippen LogP contribution in [0, 0.1) is 11.2 Å². The number of carboxylic acids is 1. The summed E-state index contributed by atoms with van der Waals surface area (Å²) in [5, 5.41) is 19.1. The smallest absolute Gasteiger partial charge is 0.336 e. The Bertz CT molecular complexity index is 1590. The highest BCUT2D eigenvalue weighted by atomic mass is 19.1. The number of carbonyl (C=O) groups is 1. The number of hydrogen-bond donors (Lipinski definition) is 4. The zero-order chi connectivity index (χ0) is 26.1. The van der Waals surface area contributed by atoms with E-state index in [1.54, 1.807) is 30.5 Å². The molecule has 0 atom stereocenters. The van der Waals surface area contributed by atoms with Gasteiger partial charge in [-0.3, -0.25) is 0 Å². The van der Waals surface area contributed by atoms with Gasteiger partial charge in [-0.25, -0.2) is 9.18 Å². The molecule has 0 saturated heterocycles. The normalized spacial score (nSPS) is 11.1. The minimum atomic E-state index is -1.01. The standard InChI is InChI=1S/C27H23FN4O2.C2H6/c1-14(2)26-25(15-9-20(27(33)34)19-7-8-31-23(19)10-15)21-12-22(30)16(13-29)11-24(21)32(26)18-5-3-17(28)4-6-18;1-2/h3-14,29,31H,30H2,1-2H3,(H,33,34);1-2H3. The van der Waals surface area contributed by atoms with Gasteiger partial charge in [0.1, 0.15) is 5.82 Å². The number of anilines is 1. The molecule has 7 heteroatoms. The van der Waals surface area contributed by atoms with Crippen LogP contribution in [0.3, 0.4) is 0 Å². The molecule has 0 amide bonds. The van der Waals surface area contributed by atoms with Crippen molar-refractivity contribution in [2.75, 3.05) is 5.73 Å². The highest BCUT2D eigenvalue weighted by molar-refractivity contribution is 6.09. The van der Waals surface area contributed by atoms with Gasteiger partial charge in [-0.15, -0.1) is 0 Å². The zero-order valence-corrected chi connectivity index (χ0v) is 20.7. The third-order valence-electron chi connectivity index (χ3n) is 6.18. The third-order valence-corrected chi connectivity index (χ3v) is 6.18. The number of nitrogens with zero attached hydrogens (tertiary/aromatic N) is 1. The predicted molar refractivity (Wildman–Crippen MR) is 145 cm³/mol. The lowest BCUT2D eigenvalue weighted by molar-refractivity contribution is 0.0699. The van der Waals surface area contributed by atoms with Crippen LogP contribution >= 0.6 is 0 Å². The first kappa shape index (κ1) is 24.7. The van der Waals surface area contributed by atoms with E-state index in [0.717, 1.165) is 38.9 Å². The SMILES string of the molecule is CC.CC(C)c1c(-c2cc(C(=O)O)c3cc[nH]c3c2)c2cc(N)c(C=N)cc2n1-c1ccc(F)cc1. The molecule has 3 aromatic carbocycles. The van der Waals surface area contributed by atoms with Crippen molar-refractivity contribution >= 4 is 39.7 Å². The molecule has 5 N–H and O–H groups in total. The topological polar surface area (TPSA) is 108 Å². The van der Waals surface area contributed by atoms with Gasteiger partial charge >= 0.3 is 5.97 Å². The highest BCUT2D eigenvalue weighted by Crippen LogP contribution is 2.43. The Kier molecular flexibility index (Phi) is 6.66. The van der Waals surface area contributed by atoms with Crippen molar-refractivity contribution in [1.29, 1.82) is 5.41 Å². The average Bonchev–Trinajstić information content (AvgIpc) is 3.47. The van der Waals surface area contributed by atoms with Crippen molar-refractivity contribution in [2.45, 2.75) is 33.6 Å². The number of benzene rings is 3. The number of carboxylic acid groups (broad SMARTS) is 1. The molecule has 0 aliphatic carbocycles. The lowest BCUT2D eigenvalue weighted by Crippen LogP contribution is -2.04. The van der Waals surface area contributed by atoms with Crippen molar-refractivity contribution in [3.05, 3.63) is 83.4 Å². The van der Waals surface area contributed by atoms with E-state index >= 15 is 0 Å². The van der Waals surface area contributed by atoms with Gasteiger partial charge in [-0.05, 0) is 66.1 Å². The molecule has 5 rings (SSSR count). The van der Waals surface area contributed by atoms with Gasteiger partial charge in [0.2, 0.25) is 0 Å². The van der Waals surface area contributed by atoms with Gasteiger partial charge in [-0.2, -0.15) is 0 Å². The number of rotatable bonds is 5. The molecular weight excluding hydrogens is 455 g/mol. The Morgan fingerprint density at radius 3 is 2.39 bits per heavy atom. The molecular formula is C29H29FN4O2. The summed E-state index contributed by atoms with van der Waals surface area (Å²) in [6.07, 6.45) is 2.93. The summed E-state index contributed by atoms with van der Waals surface area (Å²) in [5.41, 5.74) is 12.3. The number of aromatic nitrogens is 2. The first-order valence-corrected chi connectivity index (χ1v) is 11.9. The fourth-order valence-corrected chi connectivity index (χ4v) is 4.72. The number of H-pyrrole nitrogens is 1. The van der Waals surface area contributed by atoms with E-state index in [1.807, 2.05) is 36.6 Å². The summed E-state index contributed by atoms with van der Waals surface area (Å²) < 4.78 is 15.8. The monoisotopic (exact) mass is 484 g/mol. The summed E-state index contributed by atoms with van der Waals surface area (Å²) >= 11 is 0. The number of halogens is 1. The molecule has 0 aliphatic heterocycles. The summed E-state index contributed by atoms with van der Waals surface area (Å²) in [6, 6.07) is 15.3. The first-order valence-electron chi connectivity index (χ1n) is 11.9. The molecule has 0 saturated carbocycles. The number of nitrogen functional groups attached to an aromatic ring is 1. The highest BCUT2D eigenvalue weighted by Gasteiger charge is 2.24. The zero-order valence-electron chi connectivity index (χ0n) is 20.7. The number of nitrogens with two attached hydrogens (primary N) is 1. The predicted octanol–water partition coefficient (Wildman–Crippen LogP) is 7.35. The maximum absolute atomic E-state index is 13.7. The van der Waals surface area contributed by atoms with Crippen LogP contribution in [0.25, 0.3) is 38.6 Å². The van der Waals surface area contributed by atoms with Gasteiger partial charge in [-0.1, -0.05) is 27.7 Å².